The maximum absolute atomic E-state index is 10.5. The molecule has 0 unspecified atom stereocenters. The van der Waals surface area contributed by atoms with E-state index in [0.717, 1.165) is 17.4 Å². The number of rotatable bonds is 2. The van der Waals surface area contributed by atoms with Crippen LogP contribution in [0.2, 0.25) is 0 Å². The van der Waals surface area contributed by atoms with Crippen LogP contribution in [-0.2, 0) is 11.8 Å². The molecule has 2 nitrogen and oxygen atoms in total. The Labute approximate surface area is 102 Å². The molecule has 1 aromatic heterocycles. The van der Waals surface area contributed by atoms with Crippen molar-refractivity contribution in [1.82, 2.24) is 4.57 Å². The lowest BCUT2D eigenvalue weighted by Gasteiger charge is -2.02. The Morgan fingerprint density at radius 1 is 1.29 bits per heavy atom. The first kappa shape index (κ1) is 11.6. The van der Waals surface area contributed by atoms with Crippen LogP contribution in [0.25, 0.3) is 16.5 Å². The Bertz CT molecular complexity index is 617. The third-order valence-electron chi connectivity index (χ3n) is 3.58. The summed E-state index contributed by atoms with van der Waals surface area (Å²) in [4.78, 5) is 10.5. The van der Waals surface area contributed by atoms with Crippen LogP contribution >= 0.6 is 0 Å². The molecule has 2 rings (SSSR count). The normalized spacial score (nSPS) is 12.1. The van der Waals surface area contributed by atoms with E-state index in [-0.39, 0.29) is 0 Å². The van der Waals surface area contributed by atoms with E-state index in [1.54, 1.807) is 6.08 Å². The first-order valence-corrected chi connectivity index (χ1v) is 5.74. The molecule has 0 fully saturated rings. The lowest BCUT2D eigenvalue weighted by molar-refractivity contribution is -0.104. The molecule has 0 atom stereocenters. The van der Waals surface area contributed by atoms with Crippen molar-refractivity contribution in [2.24, 2.45) is 7.05 Å². The van der Waals surface area contributed by atoms with E-state index < -0.39 is 0 Å². The van der Waals surface area contributed by atoms with Gasteiger partial charge in [0.2, 0.25) is 0 Å². The molecule has 17 heavy (non-hydrogen) atoms. The predicted molar refractivity (Wildman–Crippen MR) is 72.1 cm³/mol. The smallest absolute Gasteiger partial charge is 0.143 e. The van der Waals surface area contributed by atoms with Gasteiger partial charge in [-0.3, -0.25) is 4.79 Å². The topological polar surface area (TPSA) is 22.0 Å². The molecule has 0 bridgehead atoms. The van der Waals surface area contributed by atoms with E-state index in [1.807, 2.05) is 6.92 Å². The molecule has 0 aliphatic carbocycles. The van der Waals surface area contributed by atoms with Gasteiger partial charge in [0, 0.05) is 23.6 Å². The summed E-state index contributed by atoms with van der Waals surface area (Å²) in [7, 11) is 2.08. The second-order valence-corrected chi connectivity index (χ2v) is 4.49. The van der Waals surface area contributed by atoms with Gasteiger partial charge in [0.1, 0.15) is 6.29 Å². The van der Waals surface area contributed by atoms with Crippen LogP contribution in [0.5, 0.6) is 0 Å². The molecule has 0 spiro atoms. The monoisotopic (exact) mass is 227 g/mol. The van der Waals surface area contributed by atoms with Crippen LogP contribution in [0.1, 0.15) is 23.7 Å². The van der Waals surface area contributed by atoms with Crippen molar-refractivity contribution in [3.63, 3.8) is 0 Å². The zero-order valence-corrected chi connectivity index (χ0v) is 10.7. The molecule has 0 radical (unpaired) electrons. The van der Waals surface area contributed by atoms with Crippen molar-refractivity contribution < 1.29 is 4.79 Å². The van der Waals surface area contributed by atoms with Crippen molar-refractivity contribution in [2.45, 2.75) is 20.8 Å². The van der Waals surface area contributed by atoms with Crippen LogP contribution in [0.4, 0.5) is 0 Å². The zero-order chi connectivity index (χ0) is 12.6. The van der Waals surface area contributed by atoms with Gasteiger partial charge in [-0.15, -0.1) is 0 Å². The van der Waals surface area contributed by atoms with Gasteiger partial charge in [0.05, 0.1) is 0 Å². The number of fused-ring (bicyclic) bond motifs is 1. The van der Waals surface area contributed by atoms with Crippen molar-refractivity contribution in [3.8, 4) is 0 Å². The van der Waals surface area contributed by atoms with Crippen molar-refractivity contribution in [1.29, 1.82) is 0 Å². The molecular formula is C15H17NO. The van der Waals surface area contributed by atoms with Gasteiger partial charge in [-0.1, -0.05) is 6.07 Å². The lowest BCUT2D eigenvalue weighted by Crippen LogP contribution is -1.90. The van der Waals surface area contributed by atoms with Gasteiger partial charge in [0.25, 0.3) is 0 Å². The second-order valence-electron chi connectivity index (χ2n) is 4.49. The fraction of sp³-hybridized carbons (Fsp3) is 0.267. The minimum Gasteiger partial charge on any atom is -0.348 e. The predicted octanol–water partition coefficient (Wildman–Crippen LogP) is 3.40. The van der Waals surface area contributed by atoms with E-state index in [4.69, 9.17) is 0 Å². The summed E-state index contributed by atoms with van der Waals surface area (Å²) < 4.78 is 2.20. The quantitative estimate of drug-likeness (QED) is 0.569. The minimum atomic E-state index is 0.836. The highest BCUT2D eigenvalue weighted by molar-refractivity contribution is 5.90. The van der Waals surface area contributed by atoms with Crippen molar-refractivity contribution in [3.05, 3.63) is 41.1 Å². The van der Waals surface area contributed by atoms with E-state index in [2.05, 4.69) is 43.7 Å². The van der Waals surface area contributed by atoms with Crippen LogP contribution in [0, 0.1) is 13.8 Å². The van der Waals surface area contributed by atoms with Crippen LogP contribution in [0.3, 0.4) is 0 Å². The van der Waals surface area contributed by atoms with Gasteiger partial charge in [-0.2, -0.15) is 0 Å². The fourth-order valence-corrected chi connectivity index (χ4v) is 2.20. The van der Waals surface area contributed by atoms with E-state index in [9.17, 15) is 4.79 Å². The highest BCUT2D eigenvalue weighted by Gasteiger charge is 2.08. The number of carbonyl (C=O) groups excluding carboxylic acids is 1. The Morgan fingerprint density at radius 3 is 2.65 bits per heavy atom. The van der Waals surface area contributed by atoms with Crippen molar-refractivity contribution in [2.75, 3.05) is 0 Å². The summed E-state index contributed by atoms with van der Waals surface area (Å²) in [6, 6.07) is 6.34. The Hall–Kier alpha value is -1.83. The largest absolute Gasteiger partial charge is 0.348 e. The molecule has 1 aromatic carbocycles. The third kappa shape index (κ3) is 1.80. The molecule has 2 heteroatoms. The summed E-state index contributed by atoms with van der Waals surface area (Å²) in [5.74, 6) is 0. The molecular weight excluding hydrogens is 210 g/mol. The number of hydrogen-bond acceptors (Lipinski definition) is 1. The molecule has 2 aromatic rings. The number of carbonyl (C=O) groups is 1. The summed E-state index contributed by atoms with van der Waals surface area (Å²) in [5, 5.41) is 1.26. The second kappa shape index (κ2) is 4.21. The average molecular weight is 227 g/mol. The van der Waals surface area contributed by atoms with Gasteiger partial charge in [-0.25, -0.2) is 0 Å². The SMILES string of the molecule is C/C(=C\C=O)c1ccc2c(c1)c(C)c(C)n2C. The van der Waals surface area contributed by atoms with E-state index >= 15 is 0 Å². The summed E-state index contributed by atoms with van der Waals surface area (Å²) >= 11 is 0. The Balaban J connectivity index is 2.70. The third-order valence-corrected chi connectivity index (χ3v) is 3.58. The minimum absolute atomic E-state index is 0.836. The number of nitrogens with zero attached hydrogens (tertiary/aromatic N) is 1. The van der Waals surface area contributed by atoms with Crippen LogP contribution < -0.4 is 0 Å². The lowest BCUT2D eigenvalue weighted by atomic mass is 10.0. The fourth-order valence-electron chi connectivity index (χ4n) is 2.20. The number of hydrogen-bond donors (Lipinski definition) is 0. The van der Waals surface area contributed by atoms with Gasteiger partial charge < -0.3 is 4.57 Å². The average Bonchev–Trinajstić information content (AvgIpc) is 2.55. The van der Waals surface area contributed by atoms with Gasteiger partial charge >= 0.3 is 0 Å². The summed E-state index contributed by atoms with van der Waals surface area (Å²) in [5.41, 5.74) is 5.95. The Morgan fingerprint density at radius 2 is 2.00 bits per heavy atom. The summed E-state index contributed by atoms with van der Waals surface area (Å²) in [6.45, 7) is 6.23. The highest BCUT2D eigenvalue weighted by Crippen LogP contribution is 2.27. The molecule has 88 valence electrons. The highest BCUT2D eigenvalue weighted by atomic mass is 16.1. The zero-order valence-electron chi connectivity index (χ0n) is 10.7. The molecule has 1 heterocycles. The van der Waals surface area contributed by atoms with Crippen LogP contribution in [0.15, 0.2) is 24.3 Å². The number of aromatic nitrogens is 1. The van der Waals surface area contributed by atoms with Crippen molar-refractivity contribution >= 4 is 22.8 Å². The Kier molecular flexibility index (Phi) is 2.88. The first-order chi connectivity index (χ1) is 8.06. The molecule has 0 amide bonds. The molecule has 0 N–H and O–H groups in total. The molecule has 0 aliphatic rings. The van der Waals surface area contributed by atoms with Gasteiger partial charge in [0.15, 0.2) is 0 Å². The maximum atomic E-state index is 10.5. The van der Waals surface area contributed by atoms with E-state index in [0.29, 0.717) is 0 Å². The number of aldehydes is 1. The van der Waals surface area contributed by atoms with Crippen LogP contribution in [-0.4, -0.2) is 10.9 Å². The number of benzene rings is 1. The molecule has 0 aliphatic heterocycles. The molecule has 0 saturated carbocycles. The first-order valence-electron chi connectivity index (χ1n) is 5.74. The van der Waals surface area contributed by atoms with Gasteiger partial charge in [-0.05, 0) is 55.7 Å². The number of allylic oxidation sites excluding steroid dienone is 2. The molecule has 0 saturated heterocycles. The standard InChI is InChI=1S/C15H17NO/c1-10(7-8-17)13-5-6-15-14(9-13)11(2)12(3)16(15)4/h5-9H,1-4H3/b10-7+. The number of aryl methyl sites for hydroxylation is 2. The summed E-state index contributed by atoms with van der Waals surface area (Å²) in [6.07, 6.45) is 2.44. The maximum Gasteiger partial charge on any atom is 0.143 e. The van der Waals surface area contributed by atoms with E-state index in [1.165, 1.54) is 22.2 Å².